The second kappa shape index (κ2) is 6.79. The summed E-state index contributed by atoms with van der Waals surface area (Å²) in [7, 11) is -0.570. The number of hydrogen-bond donors (Lipinski definition) is 0. The smallest absolute Gasteiger partial charge is 0.454 e. The normalized spacial score (nSPS) is 19.0. The summed E-state index contributed by atoms with van der Waals surface area (Å²) in [6.45, 7) is 8.11. The molecule has 2 aromatic rings. The van der Waals surface area contributed by atoms with Crippen LogP contribution in [0.1, 0.15) is 38.1 Å². The lowest BCUT2D eigenvalue weighted by molar-refractivity contribution is 0.00578. The van der Waals surface area contributed by atoms with Gasteiger partial charge in [-0.15, -0.1) is 0 Å². The van der Waals surface area contributed by atoms with Gasteiger partial charge in [0.05, 0.1) is 16.8 Å². The molecule has 0 aliphatic carbocycles. The molecule has 1 saturated heterocycles. The summed E-state index contributed by atoms with van der Waals surface area (Å²) < 4.78 is 29.0. The van der Waals surface area contributed by atoms with Gasteiger partial charge >= 0.3 is 13.1 Å². The third kappa shape index (κ3) is 3.52. The van der Waals surface area contributed by atoms with Gasteiger partial charge in [0.1, 0.15) is 5.75 Å². The van der Waals surface area contributed by atoms with E-state index in [1.807, 2.05) is 33.8 Å². The number of fused-ring (bicyclic) bond motifs is 1. The Hall–Kier alpha value is -2.03. The molecular formula is C20H20BBrO6. The molecule has 1 fully saturated rings. The van der Waals surface area contributed by atoms with Crippen LogP contribution in [0.2, 0.25) is 0 Å². The van der Waals surface area contributed by atoms with E-state index in [-0.39, 0.29) is 6.79 Å². The van der Waals surface area contributed by atoms with Gasteiger partial charge in [0.15, 0.2) is 11.5 Å². The van der Waals surface area contributed by atoms with Gasteiger partial charge < -0.3 is 23.5 Å². The predicted octanol–water partition coefficient (Wildman–Crippen LogP) is 3.70. The molecular weight excluding hydrogens is 427 g/mol. The van der Waals surface area contributed by atoms with Crippen LogP contribution in [0.4, 0.5) is 0 Å². The molecule has 4 rings (SSSR count). The van der Waals surface area contributed by atoms with E-state index in [0.717, 1.165) is 9.94 Å². The van der Waals surface area contributed by atoms with Crippen molar-refractivity contribution >= 4 is 34.5 Å². The van der Waals surface area contributed by atoms with Crippen LogP contribution < -0.4 is 19.7 Å². The number of esters is 1. The molecule has 0 amide bonds. The largest absolute Gasteiger partial charge is 0.494 e. The predicted molar refractivity (Wildman–Crippen MR) is 107 cm³/mol. The summed E-state index contributed by atoms with van der Waals surface area (Å²) in [5.41, 5.74) is 0.197. The van der Waals surface area contributed by atoms with E-state index in [1.54, 1.807) is 30.3 Å². The van der Waals surface area contributed by atoms with Gasteiger partial charge in [0, 0.05) is 10.5 Å². The van der Waals surface area contributed by atoms with E-state index in [2.05, 4.69) is 15.9 Å². The molecule has 0 aromatic heterocycles. The quantitative estimate of drug-likeness (QED) is 0.407. The van der Waals surface area contributed by atoms with Crippen molar-refractivity contribution in [3.05, 3.63) is 46.4 Å². The molecule has 2 aromatic carbocycles. The number of carbonyl (C=O) groups excluding carboxylic acids is 1. The summed E-state index contributed by atoms with van der Waals surface area (Å²) in [4.78, 5) is 12.7. The lowest BCUT2D eigenvalue weighted by atomic mass is 9.78. The zero-order chi connectivity index (χ0) is 20.1. The molecule has 0 N–H and O–H groups in total. The Bertz CT molecular complexity index is 926. The first-order chi connectivity index (χ1) is 13.1. The van der Waals surface area contributed by atoms with Crippen LogP contribution in [0.5, 0.6) is 17.2 Å². The van der Waals surface area contributed by atoms with Gasteiger partial charge in [-0.1, -0.05) is 15.9 Å². The molecule has 8 heteroatoms. The summed E-state index contributed by atoms with van der Waals surface area (Å²) >= 11 is 3.46. The molecule has 2 aliphatic rings. The number of ether oxygens (including phenoxy) is 3. The average molecular weight is 447 g/mol. The van der Waals surface area contributed by atoms with E-state index >= 15 is 0 Å². The van der Waals surface area contributed by atoms with E-state index in [1.165, 1.54) is 0 Å². The zero-order valence-corrected chi connectivity index (χ0v) is 17.7. The molecule has 2 aliphatic heterocycles. The lowest BCUT2D eigenvalue weighted by Gasteiger charge is -2.32. The number of rotatable bonds is 3. The first-order valence-electron chi connectivity index (χ1n) is 8.93. The third-order valence-electron chi connectivity index (χ3n) is 5.24. The Kier molecular flexibility index (Phi) is 4.68. The second-order valence-corrected chi connectivity index (χ2v) is 8.68. The van der Waals surface area contributed by atoms with Gasteiger partial charge in [-0.2, -0.15) is 0 Å². The maximum Gasteiger partial charge on any atom is 0.494 e. The van der Waals surface area contributed by atoms with Crippen LogP contribution in [-0.2, 0) is 9.31 Å². The molecule has 2 heterocycles. The van der Waals surface area contributed by atoms with Crippen LogP contribution in [0, 0.1) is 0 Å². The van der Waals surface area contributed by atoms with Crippen molar-refractivity contribution in [1.82, 2.24) is 0 Å². The summed E-state index contributed by atoms with van der Waals surface area (Å²) in [6, 6.07) is 10.3. The Morgan fingerprint density at radius 3 is 2.39 bits per heavy atom. The third-order valence-corrected chi connectivity index (χ3v) is 5.69. The minimum atomic E-state index is -0.570. The maximum absolute atomic E-state index is 12.7. The number of hydrogen-bond acceptors (Lipinski definition) is 6. The van der Waals surface area contributed by atoms with Crippen LogP contribution in [-0.4, -0.2) is 31.1 Å². The molecule has 28 heavy (non-hydrogen) atoms. The summed E-state index contributed by atoms with van der Waals surface area (Å²) in [5, 5.41) is 0. The number of carbonyl (C=O) groups is 1. The Morgan fingerprint density at radius 1 is 1.00 bits per heavy atom. The zero-order valence-electron chi connectivity index (χ0n) is 16.1. The van der Waals surface area contributed by atoms with Crippen molar-refractivity contribution in [3.63, 3.8) is 0 Å². The molecule has 0 bridgehead atoms. The fourth-order valence-corrected chi connectivity index (χ4v) is 3.46. The van der Waals surface area contributed by atoms with Crippen molar-refractivity contribution in [2.45, 2.75) is 38.9 Å². The van der Waals surface area contributed by atoms with Gasteiger partial charge in [-0.25, -0.2) is 4.79 Å². The molecule has 0 unspecified atom stereocenters. The molecule has 0 spiro atoms. The molecule has 0 atom stereocenters. The average Bonchev–Trinajstić information content (AvgIpc) is 3.15. The fraction of sp³-hybridized carbons (Fsp3) is 0.350. The van der Waals surface area contributed by atoms with Gasteiger partial charge in [-0.05, 0) is 63.5 Å². The molecule has 6 nitrogen and oxygen atoms in total. The maximum atomic E-state index is 12.7. The highest BCUT2D eigenvalue weighted by Gasteiger charge is 2.51. The Labute approximate surface area is 172 Å². The highest BCUT2D eigenvalue weighted by molar-refractivity contribution is 9.10. The second-order valence-electron chi connectivity index (χ2n) is 7.77. The van der Waals surface area contributed by atoms with Gasteiger partial charge in [0.2, 0.25) is 6.79 Å². The van der Waals surface area contributed by atoms with Crippen LogP contribution >= 0.6 is 15.9 Å². The van der Waals surface area contributed by atoms with Crippen molar-refractivity contribution in [3.8, 4) is 17.2 Å². The number of benzene rings is 2. The molecule has 0 radical (unpaired) electrons. The SMILES string of the molecule is CC1(C)OB(c2cc(Br)cc(C(=O)Oc3ccc4c(c3)OCO4)c2)OC1(C)C. The highest BCUT2D eigenvalue weighted by atomic mass is 79.9. The minimum absolute atomic E-state index is 0.163. The van der Waals surface area contributed by atoms with Crippen molar-refractivity contribution in [2.24, 2.45) is 0 Å². The first kappa shape index (κ1) is 19.3. The first-order valence-corrected chi connectivity index (χ1v) is 9.72. The van der Waals surface area contributed by atoms with E-state index in [0.29, 0.717) is 22.8 Å². The fourth-order valence-electron chi connectivity index (χ4n) is 2.95. The minimum Gasteiger partial charge on any atom is -0.454 e. The molecule has 0 saturated carbocycles. The van der Waals surface area contributed by atoms with Gasteiger partial charge in [-0.3, -0.25) is 0 Å². The van der Waals surface area contributed by atoms with Crippen LogP contribution in [0.3, 0.4) is 0 Å². The summed E-state index contributed by atoms with van der Waals surface area (Å²) in [6.07, 6.45) is 0. The van der Waals surface area contributed by atoms with Crippen LogP contribution in [0.25, 0.3) is 0 Å². The van der Waals surface area contributed by atoms with Crippen molar-refractivity contribution < 1.29 is 28.3 Å². The monoisotopic (exact) mass is 446 g/mol. The summed E-state index contributed by atoms with van der Waals surface area (Å²) in [5.74, 6) is 1.08. The molecule has 146 valence electrons. The van der Waals surface area contributed by atoms with Crippen molar-refractivity contribution in [1.29, 1.82) is 0 Å². The van der Waals surface area contributed by atoms with Gasteiger partial charge in [0.25, 0.3) is 0 Å². The van der Waals surface area contributed by atoms with E-state index in [9.17, 15) is 4.79 Å². The lowest BCUT2D eigenvalue weighted by Crippen LogP contribution is -2.41. The highest BCUT2D eigenvalue weighted by Crippen LogP contribution is 2.37. The topological polar surface area (TPSA) is 63.2 Å². The van der Waals surface area contributed by atoms with Crippen LogP contribution in [0.15, 0.2) is 40.9 Å². The van der Waals surface area contributed by atoms with E-state index < -0.39 is 24.3 Å². The number of halogens is 1. The standard InChI is InChI=1S/C20H20BBrO6/c1-19(2)20(3,4)28-21(27-19)13-7-12(8-14(22)9-13)18(23)26-15-5-6-16-17(10-15)25-11-24-16/h5-10H,11H2,1-4H3. The Balaban J connectivity index is 1.56. The van der Waals surface area contributed by atoms with E-state index in [4.69, 9.17) is 23.5 Å². The van der Waals surface area contributed by atoms with Crippen molar-refractivity contribution in [2.75, 3.05) is 6.79 Å². The Morgan fingerprint density at radius 2 is 1.68 bits per heavy atom.